The predicted octanol–water partition coefficient (Wildman–Crippen LogP) is 2.19. The average Bonchev–Trinajstić information content (AvgIpc) is 2.66. The zero-order valence-electron chi connectivity index (χ0n) is 8.78. The second-order valence-corrected chi connectivity index (χ2v) is 3.82. The van der Waals surface area contributed by atoms with Crippen molar-refractivity contribution in [2.24, 2.45) is 5.18 Å². The highest BCUT2D eigenvalue weighted by Crippen LogP contribution is 2.20. The Kier molecular flexibility index (Phi) is 3.24. The molecule has 1 atom stereocenters. The SMILES string of the molecule is CCC(C)(Cc1ccc(C(=O)O)[nH]1)N=O. The van der Waals surface area contributed by atoms with Crippen LogP contribution in [-0.2, 0) is 6.42 Å². The summed E-state index contributed by atoms with van der Waals surface area (Å²) < 4.78 is 0. The van der Waals surface area contributed by atoms with E-state index in [4.69, 9.17) is 5.11 Å². The first kappa shape index (κ1) is 11.4. The van der Waals surface area contributed by atoms with E-state index < -0.39 is 11.5 Å². The van der Waals surface area contributed by atoms with Crippen LogP contribution in [0.4, 0.5) is 0 Å². The summed E-state index contributed by atoms with van der Waals surface area (Å²) in [5.41, 5.74) is 0.186. The normalized spacial score (nSPS) is 14.5. The molecule has 5 heteroatoms. The Morgan fingerprint density at radius 1 is 1.60 bits per heavy atom. The second kappa shape index (κ2) is 4.25. The van der Waals surface area contributed by atoms with Gasteiger partial charge in [0.15, 0.2) is 0 Å². The van der Waals surface area contributed by atoms with Crippen LogP contribution in [0.25, 0.3) is 0 Å². The summed E-state index contributed by atoms with van der Waals surface area (Å²) in [5, 5.41) is 11.8. The number of nitroso groups, excluding NO2 is 1. The number of aromatic carboxylic acids is 1. The van der Waals surface area contributed by atoms with E-state index >= 15 is 0 Å². The van der Waals surface area contributed by atoms with Crippen molar-refractivity contribution < 1.29 is 9.90 Å². The quantitative estimate of drug-likeness (QED) is 0.731. The van der Waals surface area contributed by atoms with Gasteiger partial charge >= 0.3 is 5.97 Å². The summed E-state index contributed by atoms with van der Waals surface area (Å²) >= 11 is 0. The van der Waals surface area contributed by atoms with Crippen LogP contribution in [0.1, 0.15) is 36.5 Å². The molecule has 1 rings (SSSR count). The lowest BCUT2D eigenvalue weighted by Gasteiger charge is -2.17. The van der Waals surface area contributed by atoms with E-state index in [0.717, 1.165) is 5.69 Å². The fourth-order valence-electron chi connectivity index (χ4n) is 1.30. The van der Waals surface area contributed by atoms with E-state index in [1.165, 1.54) is 6.07 Å². The van der Waals surface area contributed by atoms with E-state index in [9.17, 15) is 9.70 Å². The molecule has 2 N–H and O–H groups in total. The molecule has 0 aliphatic heterocycles. The molecule has 0 radical (unpaired) electrons. The van der Waals surface area contributed by atoms with Crippen molar-refractivity contribution >= 4 is 5.97 Å². The van der Waals surface area contributed by atoms with Gasteiger partial charge in [0, 0.05) is 12.1 Å². The van der Waals surface area contributed by atoms with Crippen molar-refractivity contribution in [2.75, 3.05) is 0 Å². The number of hydrogen-bond acceptors (Lipinski definition) is 3. The number of nitrogens with one attached hydrogen (secondary N) is 1. The summed E-state index contributed by atoms with van der Waals surface area (Å²) in [6.45, 7) is 3.63. The average molecular weight is 210 g/mol. The molecule has 0 aliphatic carbocycles. The minimum Gasteiger partial charge on any atom is -0.477 e. The Hall–Kier alpha value is -1.65. The van der Waals surface area contributed by atoms with E-state index in [2.05, 4.69) is 10.2 Å². The lowest BCUT2D eigenvalue weighted by Crippen LogP contribution is -2.23. The monoisotopic (exact) mass is 210 g/mol. The lowest BCUT2D eigenvalue weighted by atomic mass is 9.94. The van der Waals surface area contributed by atoms with Crippen molar-refractivity contribution in [1.29, 1.82) is 0 Å². The summed E-state index contributed by atoms with van der Waals surface area (Å²) in [6.07, 6.45) is 1.05. The van der Waals surface area contributed by atoms with Crippen LogP contribution in [0.15, 0.2) is 17.3 Å². The van der Waals surface area contributed by atoms with Gasteiger partial charge in [-0.2, -0.15) is 4.91 Å². The molecule has 1 aromatic rings. The Morgan fingerprint density at radius 3 is 2.67 bits per heavy atom. The third-order valence-corrected chi connectivity index (χ3v) is 2.53. The van der Waals surface area contributed by atoms with Crippen LogP contribution in [0.5, 0.6) is 0 Å². The van der Waals surface area contributed by atoms with Gasteiger partial charge in [0.1, 0.15) is 11.2 Å². The Labute approximate surface area is 87.5 Å². The number of carboxylic acid groups (broad SMARTS) is 1. The van der Waals surface area contributed by atoms with Gasteiger partial charge in [0.2, 0.25) is 0 Å². The minimum absolute atomic E-state index is 0.134. The molecule has 0 saturated carbocycles. The van der Waals surface area contributed by atoms with Gasteiger partial charge in [-0.25, -0.2) is 4.79 Å². The molecule has 82 valence electrons. The highest BCUT2D eigenvalue weighted by molar-refractivity contribution is 5.85. The maximum absolute atomic E-state index is 10.6. The van der Waals surface area contributed by atoms with Gasteiger partial charge < -0.3 is 10.1 Å². The third kappa shape index (κ3) is 2.65. The fraction of sp³-hybridized carbons (Fsp3) is 0.500. The van der Waals surface area contributed by atoms with Gasteiger partial charge in [-0.05, 0) is 25.5 Å². The first-order valence-corrected chi connectivity index (χ1v) is 4.76. The standard InChI is InChI=1S/C10H14N2O3/c1-3-10(2,12-15)6-7-4-5-8(11-7)9(13)14/h4-5,11H,3,6H2,1-2H3,(H,13,14). The van der Waals surface area contributed by atoms with Gasteiger partial charge in [0.05, 0.1) is 0 Å². The zero-order chi connectivity index (χ0) is 11.5. The molecule has 0 spiro atoms. The topological polar surface area (TPSA) is 82.5 Å². The van der Waals surface area contributed by atoms with Gasteiger partial charge in [-0.15, -0.1) is 0 Å². The maximum atomic E-state index is 10.6. The van der Waals surface area contributed by atoms with Crippen molar-refractivity contribution in [2.45, 2.75) is 32.2 Å². The van der Waals surface area contributed by atoms with Crippen LogP contribution in [0.2, 0.25) is 0 Å². The van der Waals surface area contributed by atoms with Crippen molar-refractivity contribution in [1.82, 2.24) is 4.98 Å². The molecular weight excluding hydrogens is 196 g/mol. The van der Waals surface area contributed by atoms with E-state index in [0.29, 0.717) is 12.8 Å². The van der Waals surface area contributed by atoms with Crippen LogP contribution < -0.4 is 0 Å². The molecule has 1 aromatic heterocycles. The molecule has 0 aromatic carbocycles. The Bertz CT molecular complexity index is 372. The molecule has 15 heavy (non-hydrogen) atoms. The fourth-order valence-corrected chi connectivity index (χ4v) is 1.30. The van der Waals surface area contributed by atoms with Crippen LogP contribution in [0.3, 0.4) is 0 Å². The summed E-state index contributed by atoms with van der Waals surface area (Å²) in [7, 11) is 0. The predicted molar refractivity (Wildman–Crippen MR) is 55.9 cm³/mol. The number of carbonyl (C=O) groups is 1. The molecule has 1 unspecified atom stereocenters. The number of hydrogen-bond donors (Lipinski definition) is 2. The number of nitrogens with zero attached hydrogens (tertiary/aromatic N) is 1. The highest BCUT2D eigenvalue weighted by atomic mass is 16.4. The number of aromatic nitrogens is 1. The Balaban J connectivity index is 2.80. The smallest absolute Gasteiger partial charge is 0.352 e. The van der Waals surface area contributed by atoms with Crippen molar-refractivity contribution in [3.05, 3.63) is 28.4 Å². The lowest BCUT2D eigenvalue weighted by molar-refractivity contribution is 0.0691. The minimum atomic E-state index is -1.00. The van der Waals surface area contributed by atoms with Crippen molar-refractivity contribution in [3.63, 3.8) is 0 Å². The zero-order valence-corrected chi connectivity index (χ0v) is 8.78. The highest BCUT2D eigenvalue weighted by Gasteiger charge is 2.24. The van der Waals surface area contributed by atoms with E-state index in [1.54, 1.807) is 13.0 Å². The van der Waals surface area contributed by atoms with Crippen LogP contribution in [0, 0.1) is 4.91 Å². The molecule has 0 fully saturated rings. The molecule has 1 heterocycles. The van der Waals surface area contributed by atoms with Crippen LogP contribution >= 0.6 is 0 Å². The number of aromatic amines is 1. The van der Waals surface area contributed by atoms with E-state index in [1.807, 2.05) is 6.92 Å². The summed E-state index contributed by atoms with van der Waals surface area (Å²) in [5.74, 6) is -1.00. The molecular formula is C10H14N2O3. The number of rotatable bonds is 5. The van der Waals surface area contributed by atoms with Gasteiger partial charge in [-0.3, -0.25) is 0 Å². The molecule has 0 bridgehead atoms. The number of H-pyrrole nitrogens is 1. The second-order valence-electron chi connectivity index (χ2n) is 3.82. The Morgan fingerprint density at radius 2 is 2.27 bits per heavy atom. The van der Waals surface area contributed by atoms with E-state index in [-0.39, 0.29) is 5.69 Å². The molecule has 0 amide bonds. The maximum Gasteiger partial charge on any atom is 0.352 e. The van der Waals surface area contributed by atoms with Gasteiger partial charge in [0.25, 0.3) is 0 Å². The summed E-state index contributed by atoms with van der Waals surface area (Å²) in [4.78, 5) is 24.0. The first-order chi connectivity index (χ1) is 7.00. The molecule has 5 nitrogen and oxygen atoms in total. The largest absolute Gasteiger partial charge is 0.477 e. The van der Waals surface area contributed by atoms with Crippen LogP contribution in [-0.4, -0.2) is 21.6 Å². The molecule has 0 saturated heterocycles. The van der Waals surface area contributed by atoms with Gasteiger partial charge in [-0.1, -0.05) is 12.1 Å². The van der Waals surface area contributed by atoms with Crippen molar-refractivity contribution in [3.8, 4) is 0 Å². The number of carboxylic acids is 1. The first-order valence-electron chi connectivity index (χ1n) is 4.76. The third-order valence-electron chi connectivity index (χ3n) is 2.53. The molecule has 0 aliphatic rings. The summed E-state index contributed by atoms with van der Waals surface area (Å²) in [6, 6.07) is 3.15.